The predicted octanol–water partition coefficient (Wildman–Crippen LogP) is 3.04. The van der Waals surface area contributed by atoms with Gasteiger partial charge < -0.3 is 0 Å². The maximum absolute atomic E-state index is 12.4. The van der Waals surface area contributed by atoms with Crippen LogP contribution in [-0.4, -0.2) is 8.42 Å². The number of nitriles is 1. The van der Waals surface area contributed by atoms with Crippen LogP contribution >= 0.6 is 22.7 Å². The SMILES string of the molecule is N#Cc1ccc(S(=O)(=O)NC2CCCc3sccc32)s1. The van der Waals surface area contributed by atoms with Crippen LogP contribution in [0.4, 0.5) is 0 Å². The van der Waals surface area contributed by atoms with Crippen LogP contribution in [0.1, 0.15) is 34.2 Å². The number of hydrogen-bond acceptors (Lipinski definition) is 5. The summed E-state index contributed by atoms with van der Waals surface area (Å²) in [5.41, 5.74) is 1.10. The predicted molar refractivity (Wildman–Crippen MR) is 79.4 cm³/mol. The lowest BCUT2D eigenvalue weighted by Gasteiger charge is -2.23. The topological polar surface area (TPSA) is 70.0 Å². The van der Waals surface area contributed by atoms with Crippen molar-refractivity contribution < 1.29 is 8.42 Å². The summed E-state index contributed by atoms with van der Waals surface area (Å²) in [6.07, 6.45) is 2.84. The lowest BCUT2D eigenvalue weighted by Crippen LogP contribution is -2.30. The Morgan fingerprint density at radius 1 is 1.35 bits per heavy atom. The van der Waals surface area contributed by atoms with E-state index >= 15 is 0 Å². The fourth-order valence-corrected chi connectivity index (χ4v) is 5.74. The minimum atomic E-state index is -3.55. The van der Waals surface area contributed by atoms with E-state index in [1.165, 1.54) is 17.0 Å². The van der Waals surface area contributed by atoms with Crippen molar-refractivity contribution >= 4 is 32.7 Å². The molecule has 0 spiro atoms. The Morgan fingerprint density at radius 2 is 2.20 bits per heavy atom. The molecule has 0 saturated heterocycles. The van der Waals surface area contributed by atoms with Crippen LogP contribution in [0.2, 0.25) is 0 Å². The molecule has 1 aliphatic carbocycles. The Kier molecular flexibility index (Phi) is 3.65. The Bertz CT molecular complexity index is 768. The summed E-state index contributed by atoms with van der Waals surface area (Å²) < 4.78 is 27.7. The zero-order chi connectivity index (χ0) is 14.2. The second kappa shape index (κ2) is 5.30. The van der Waals surface area contributed by atoms with Gasteiger partial charge in [0, 0.05) is 10.9 Å². The molecule has 0 amide bonds. The fourth-order valence-electron chi connectivity index (χ4n) is 2.38. The molecule has 1 unspecified atom stereocenters. The van der Waals surface area contributed by atoms with Crippen molar-refractivity contribution in [2.45, 2.75) is 29.5 Å². The molecule has 0 saturated carbocycles. The number of rotatable bonds is 3. The molecule has 1 atom stereocenters. The number of aryl methyl sites for hydroxylation is 1. The lowest BCUT2D eigenvalue weighted by molar-refractivity contribution is 0.512. The van der Waals surface area contributed by atoms with Crippen molar-refractivity contribution in [2.75, 3.05) is 0 Å². The van der Waals surface area contributed by atoms with E-state index in [-0.39, 0.29) is 10.3 Å². The molecular weight excluding hydrogens is 312 g/mol. The summed E-state index contributed by atoms with van der Waals surface area (Å²) in [5, 5.41) is 10.8. The van der Waals surface area contributed by atoms with Gasteiger partial charge in [-0.3, -0.25) is 0 Å². The average Bonchev–Trinajstić information content (AvgIpc) is 3.08. The van der Waals surface area contributed by atoms with E-state index in [2.05, 4.69) is 4.72 Å². The third kappa shape index (κ3) is 2.52. The maximum atomic E-state index is 12.4. The van der Waals surface area contributed by atoms with Crippen molar-refractivity contribution in [1.82, 2.24) is 4.72 Å². The van der Waals surface area contributed by atoms with Gasteiger partial charge in [-0.2, -0.15) is 5.26 Å². The van der Waals surface area contributed by atoms with Crippen LogP contribution in [0.25, 0.3) is 0 Å². The summed E-state index contributed by atoms with van der Waals surface area (Å²) in [5.74, 6) is 0. The largest absolute Gasteiger partial charge is 0.250 e. The van der Waals surface area contributed by atoms with Gasteiger partial charge in [0.15, 0.2) is 0 Å². The molecule has 2 aromatic heterocycles. The number of nitrogens with one attached hydrogen (secondary N) is 1. The highest BCUT2D eigenvalue weighted by molar-refractivity contribution is 7.91. The second-order valence-electron chi connectivity index (χ2n) is 4.60. The van der Waals surface area contributed by atoms with Gasteiger partial charge in [0.05, 0.1) is 0 Å². The first-order valence-electron chi connectivity index (χ1n) is 6.19. The Balaban J connectivity index is 1.87. The molecular formula is C13H12N2O2S3. The highest BCUT2D eigenvalue weighted by Gasteiger charge is 2.27. The van der Waals surface area contributed by atoms with Gasteiger partial charge in [-0.1, -0.05) is 0 Å². The van der Waals surface area contributed by atoms with Crippen LogP contribution in [0, 0.1) is 11.3 Å². The molecule has 104 valence electrons. The molecule has 0 radical (unpaired) electrons. The van der Waals surface area contributed by atoms with E-state index in [1.54, 1.807) is 11.3 Å². The first kappa shape index (κ1) is 13.8. The van der Waals surface area contributed by atoms with E-state index in [1.807, 2.05) is 17.5 Å². The summed E-state index contributed by atoms with van der Waals surface area (Å²) in [4.78, 5) is 1.68. The summed E-state index contributed by atoms with van der Waals surface area (Å²) in [6.45, 7) is 0. The zero-order valence-corrected chi connectivity index (χ0v) is 12.9. The van der Waals surface area contributed by atoms with Gasteiger partial charge in [0.2, 0.25) is 0 Å². The van der Waals surface area contributed by atoms with Gasteiger partial charge in [-0.15, -0.1) is 22.7 Å². The standard InChI is InChI=1S/C13H12N2O2S3/c14-8-9-4-5-13(19-9)20(16,17)15-11-2-1-3-12-10(11)6-7-18-12/h4-7,11,15H,1-3H2. The highest BCUT2D eigenvalue weighted by atomic mass is 32.2. The first-order valence-corrected chi connectivity index (χ1v) is 9.36. The molecule has 1 N–H and O–H groups in total. The molecule has 20 heavy (non-hydrogen) atoms. The highest BCUT2D eigenvalue weighted by Crippen LogP contribution is 2.34. The number of hydrogen-bond donors (Lipinski definition) is 1. The molecule has 0 aromatic carbocycles. The Hall–Kier alpha value is -1.20. The summed E-state index contributed by atoms with van der Waals surface area (Å²) in [6, 6.07) is 6.84. The molecule has 0 aliphatic heterocycles. The van der Waals surface area contributed by atoms with Gasteiger partial charge in [0.25, 0.3) is 10.0 Å². The normalized spacial score (nSPS) is 18.4. The molecule has 2 heterocycles. The number of sulfonamides is 1. The molecule has 2 aromatic rings. The lowest BCUT2D eigenvalue weighted by atomic mass is 9.95. The van der Waals surface area contributed by atoms with Crippen LogP contribution in [0.15, 0.2) is 27.8 Å². The van der Waals surface area contributed by atoms with Crippen molar-refractivity contribution in [1.29, 1.82) is 5.26 Å². The van der Waals surface area contributed by atoms with Crippen molar-refractivity contribution in [3.63, 3.8) is 0 Å². The van der Waals surface area contributed by atoms with E-state index in [0.29, 0.717) is 4.88 Å². The van der Waals surface area contributed by atoms with E-state index in [4.69, 9.17) is 5.26 Å². The molecule has 0 fully saturated rings. The van der Waals surface area contributed by atoms with Crippen LogP contribution in [0.3, 0.4) is 0 Å². The van der Waals surface area contributed by atoms with Gasteiger partial charge in [-0.05, 0) is 48.4 Å². The monoisotopic (exact) mass is 324 g/mol. The summed E-state index contributed by atoms with van der Waals surface area (Å²) in [7, 11) is -3.55. The maximum Gasteiger partial charge on any atom is 0.250 e. The molecule has 3 rings (SSSR count). The van der Waals surface area contributed by atoms with Crippen LogP contribution in [0.5, 0.6) is 0 Å². The fraction of sp³-hybridized carbons (Fsp3) is 0.308. The van der Waals surface area contributed by atoms with Crippen LogP contribution < -0.4 is 4.72 Å². The van der Waals surface area contributed by atoms with Crippen LogP contribution in [-0.2, 0) is 16.4 Å². The number of nitrogens with zero attached hydrogens (tertiary/aromatic N) is 1. The van der Waals surface area contributed by atoms with Crippen molar-refractivity contribution in [3.05, 3.63) is 38.9 Å². The van der Waals surface area contributed by atoms with Gasteiger partial charge in [-0.25, -0.2) is 13.1 Å². The third-order valence-electron chi connectivity index (χ3n) is 3.31. The van der Waals surface area contributed by atoms with Crippen molar-refractivity contribution in [3.8, 4) is 6.07 Å². The summed E-state index contributed by atoms with van der Waals surface area (Å²) >= 11 is 2.69. The Morgan fingerprint density at radius 3 is 2.95 bits per heavy atom. The first-order chi connectivity index (χ1) is 9.60. The average molecular weight is 324 g/mol. The van der Waals surface area contributed by atoms with Gasteiger partial charge in [0.1, 0.15) is 15.2 Å². The van der Waals surface area contributed by atoms with E-state index in [0.717, 1.165) is 36.2 Å². The van der Waals surface area contributed by atoms with E-state index < -0.39 is 10.0 Å². The Labute approximate surface area is 125 Å². The quantitative estimate of drug-likeness (QED) is 0.943. The second-order valence-corrected chi connectivity index (χ2v) is 8.62. The third-order valence-corrected chi connectivity index (χ3v) is 7.26. The number of thiophene rings is 2. The molecule has 4 nitrogen and oxygen atoms in total. The minimum Gasteiger partial charge on any atom is -0.206 e. The van der Waals surface area contributed by atoms with Gasteiger partial charge >= 0.3 is 0 Å². The minimum absolute atomic E-state index is 0.150. The van der Waals surface area contributed by atoms with Crippen molar-refractivity contribution in [2.24, 2.45) is 0 Å². The molecule has 7 heteroatoms. The smallest absolute Gasteiger partial charge is 0.206 e. The van der Waals surface area contributed by atoms with E-state index in [9.17, 15) is 8.42 Å². The number of fused-ring (bicyclic) bond motifs is 1. The molecule has 0 bridgehead atoms. The zero-order valence-electron chi connectivity index (χ0n) is 10.5. The molecule has 1 aliphatic rings.